The quantitative estimate of drug-likeness (QED) is 0.912. The van der Waals surface area contributed by atoms with Gasteiger partial charge in [-0.1, -0.05) is 18.2 Å². The molecule has 1 amide bonds. The predicted molar refractivity (Wildman–Crippen MR) is 75.1 cm³/mol. The van der Waals surface area contributed by atoms with E-state index >= 15 is 0 Å². The first-order valence-corrected chi connectivity index (χ1v) is 6.30. The third-order valence-corrected chi connectivity index (χ3v) is 3.03. The molecule has 1 aromatic heterocycles. The Hall–Kier alpha value is -1.95. The summed E-state index contributed by atoms with van der Waals surface area (Å²) in [5.41, 5.74) is 6.37. The van der Waals surface area contributed by atoms with Crippen LogP contribution in [-0.4, -0.2) is 10.9 Å². The summed E-state index contributed by atoms with van der Waals surface area (Å²) in [4.78, 5) is 15.8. The minimum absolute atomic E-state index is 0.0504. The van der Waals surface area contributed by atoms with Crippen molar-refractivity contribution in [1.29, 1.82) is 0 Å². The molecule has 4 nitrogen and oxygen atoms in total. The lowest BCUT2D eigenvalue weighted by atomic mass is 10.1. The molecule has 98 valence electrons. The Balaban J connectivity index is 2.08. The number of halogens is 2. The van der Waals surface area contributed by atoms with Crippen molar-refractivity contribution in [2.45, 2.75) is 6.42 Å². The second kappa shape index (κ2) is 5.79. The molecule has 2 aromatic rings. The molecular formula is C13H11BrFN3O. The Labute approximate surface area is 118 Å². The van der Waals surface area contributed by atoms with Gasteiger partial charge in [-0.25, -0.2) is 9.37 Å². The maximum absolute atomic E-state index is 13.4. The van der Waals surface area contributed by atoms with Crippen LogP contribution in [0.2, 0.25) is 0 Å². The Bertz CT molecular complexity index is 619. The molecule has 19 heavy (non-hydrogen) atoms. The van der Waals surface area contributed by atoms with E-state index in [1.807, 2.05) is 0 Å². The largest absolute Gasteiger partial charge is 0.397 e. The van der Waals surface area contributed by atoms with Crippen molar-refractivity contribution < 1.29 is 9.18 Å². The van der Waals surface area contributed by atoms with E-state index < -0.39 is 5.82 Å². The van der Waals surface area contributed by atoms with Gasteiger partial charge >= 0.3 is 0 Å². The van der Waals surface area contributed by atoms with E-state index in [0.29, 0.717) is 21.5 Å². The zero-order valence-corrected chi connectivity index (χ0v) is 11.4. The zero-order valence-electron chi connectivity index (χ0n) is 9.86. The summed E-state index contributed by atoms with van der Waals surface area (Å²) >= 11 is 3.24. The Morgan fingerprint density at radius 2 is 2.16 bits per heavy atom. The third kappa shape index (κ3) is 3.51. The van der Waals surface area contributed by atoms with Crippen LogP contribution in [-0.2, 0) is 11.2 Å². The summed E-state index contributed by atoms with van der Waals surface area (Å²) in [7, 11) is 0. The number of hydrogen-bond donors (Lipinski definition) is 2. The van der Waals surface area contributed by atoms with Gasteiger partial charge in [-0.05, 0) is 33.6 Å². The number of anilines is 2. The van der Waals surface area contributed by atoms with Crippen LogP contribution in [0.4, 0.5) is 15.9 Å². The molecule has 0 spiro atoms. The fraction of sp³-hybridized carbons (Fsp3) is 0.0769. The highest BCUT2D eigenvalue weighted by Crippen LogP contribution is 2.22. The van der Waals surface area contributed by atoms with E-state index in [9.17, 15) is 9.18 Å². The van der Waals surface area contributed by atoms with E-state index in [-0.39, 0.29) is 12.3 Å². The lowest BCUT2D eigenvalue weighted by Gasteiger charge is -2.07. The topological polar surface area (TPSA) is 68.0 Å². The summed E-state index contributed by atoms with van der Waals surface area (Å²) < 4.78 is 14.0. The van der Waals surface area contributed by atoms with Gasteiger partial charge in [-0.2, -0.15) is 0 Å². The van der Waals surface area contributed by atoms with E-state index in [1.54, 1.807) is 24.3 Å². The van der Waals surface area contributed by atoms with Gasteiger partial charge < -0.3 is 11.1 Å². The van der Waals surface area contributed by atoms with Crippen LogP contribution in [0.25, 0.3) is 0 Å². The normalized spacial score (nSPS) is 10.2. The number of nitrogen functional groups attached to an aromatic ring is 1. The number of nitrogens with two attached hydrogens (primary N) is 1. The zero-order chi connectivity index (χ0) is 13.8. The van der Waals surface area contributed by atoms with E-state index in [2.05, 4.69) is 26.2 Å². The molecule has 3 N–H and O–H groups in total. The number of carbonyl (C=O) groups excluding carboxylic acids is 1. The van der Waals surface area contributed by atoms with Crippen molar-refractivity contribution in [2.75, 3.05) is 11.1 Å². The highest BCUT2D eigenvalue weighted by Gasteiger charge is 2.10. The second-order valence-electron chi connectivity index (χ2n) is 3.92. The van der Waals surface area contributed by atoms with Gasteiger partial charge in [0.2, 0.25) is 5.91 Å². The van der Waals surface area contributed by atoms with Crippen molar-refractivity contribution in [3.05, 3.63) is 52.4 Å². The molecule has 0 saturated heterocycles. The van der Waals surface area contributed by atoms with Crippen LogP contribution in [0.1, 0.15) is 5.56 Å². The molecule has 0 unspecified atom stereocenters. The molecule has 1 aromatic carbocycles. The Morgan fingerprint density at radius 3 is 2.84 bits per heavy atom. The molecule has 1 heterocycles. The first kappa shape index (κ1) is 13.5. The van der Waals surface area contributed by atoms with Gasteiger partial charge in [-0.15, -0.1) is 0 Å². The minimum Gasteiger partial charge on any atom is -0.397 e. The van der Waals surface area contributed by atoms with Gasteiger partial charge in [-0.3, -0.25) is 4.79 Å². The fourth-order valence-corrected chi connectivity index (χ4v) is 2.00. The summed E-state index contributed by atoms with van der Waals surface area (Å²) in [5, 5.41) is 2.59. The van der Waals surface area contributed by atoms with Crippen LogP contribution in [0.3, 0.4) is 0 Å². The van der Waals surface area contributed by atoms with Crippen LogP contribution < -0.4 is 11.1 Å². The first-order valence-electron chi connectivity index (χ1n) is 5.50. The number of hydrogen-bond acceptors (Lipinski definition) is 3. The van der Waals surface area contributed by atoms with Crippen molar-refractivity contribution in [3.63, 3.8) is 0 Å². The first-order chi connectivity index (χ1) is 9.06. The lowest BCUT2D eigenvalue weighted by molar-refractivity contribution is -0.115. The summed E-state index contributed by atoms with van der Waals surface area (Å²) in [5.74, 6) is -0.388. The van der Waals surface area contributed by atoms with Gasteiger partial charge in [0.15, 0.2) is 0 Å². The molecule has 0 aliphatic rings. The van der Waals surface area contributed by atoms with Gasteiger partial charge in [0, 0.05) is 0 Å². The molecule has 0 bridgehead atoms. The smallest absolute Gasteiger partial charge is 0.230 e. The molecule has 2 rings (SSSR count). The third-order valence-electron chi connectivity index (χ3n) is 2.43. The maximum atomic E-state index is 13.4. The Kier molecular flexibility index (Phi) is 4.11. The molecule has 0 aliphatic carbocycles. The number of carbonyl (C=O) groups is 1. The standard InChI is InChI=1S/C13H11BrFN3O/c14-10-6-9(16)7-17-13(10)18-12(19)5-8-3-1-2-4-11(8)15/h1-4,6-7H,5,16H2,(H,17,18,19). The number of nitrogens with one attached hydrogen (secondary N) is 1. The molecule has 0 saturated carbocycles. The lowest BCUT2D eigenvalue weighted by Crippen LogP contribution is -2.16. The number of nitrogens with zero attached hydrogens (tertiary/aromatic N) is 1. The highest BCUT2D eigenvalue weighted by atomic mass is 79.9. The van der Waals surface area contributed by atoms with Gasteiger partial charge in [0.25, 0.3) is 0 Å². The average Bonchev–Trinajstić information content (AvgIpc) is 2.36. The van der Waals surface area contributed by atoms with Gasteiger partial charge in [0.1, 0.15) is 11.6 Å². The highest BCUT2D eigenvalue weighted by molar-refractivity contribution is 9.10. The summed E-state index contributed by atoms with van der Waals surface area (Å²) in [6, 6.07) is 7.78. The molecule has 6 heteroatoms. The second-order valence-corrected chi connectivity index (χ2v) is 4.77. The average molecular weight is 324 g/mol. The van der Waals surface area contributed by atoms with Crippen LogP contribution in [0, 0.1) is 5.82 Å². The van der Waals surface area contributed by atoms with Crippen LogP contribution in [0.15, 0.2) is 41.0 Å². The fourth-order valence-electron chi connectivity index (χ4n) is 1.54. The number of amides is 1. The monoisotopic (exact) mass is 323 g/mol. The number of rotatable bonds is 3. The van der Waals surface area contributed by atoms with Crippen molar-refractivity contribution >= 4 is 33.3 Å². The summed E-state index contributed by atoms with van der Waals surface area (Å²) in [6.45, 7) is 0. The Morgan fingerprint density at radius 1 is 1.42 bits per heavy atom. The van der Waals surface area contributed by atoms with Gasteiger partial charge in [0.05, 0.1) is 22.8 Å². The van der Waals surface area contributed by atoms with E-state index in [1.165, 1.54) is 12.3 Å². The van der Waals surface area contributed by atoms with E-state index in [0.717, 1.165) is 0 Å². The number of pyridine rings is 1. The molecule has 0 radical (unpaired) electrons. The van der Waals surface area contributed by atoms with Crippen LogP contribution in [0.5, 0.6) is 0 Å². The number of aromatic nitrogens is 1. The van der Waals surface area contributed by atoms with Crippen molar-refractivity contribution in [1.82, 2.24) is 4.98 Å². The van der Waals surface area contributed by atoms with Crippen molar-refractivity contribution in [3.8, 4) is 0 Å². The molecule has 0 fully saturated rings. The van der Waals surface area contributed by atoms with E-state index in [4.69, 9.17) is 5.73 Å². The summed E-state index contributed by atoms with van der Waals surface area (Å²) in [6.07, 6.45) is 1.38. The number of benzene rings is 1. The predicted octanol–water partition coefficient (Wildman–Crippen LogP) is 2.75. The molecular weight excluding hydrogens is 313 g/mol. The molecule has 0 atom stereocenters. The SMILES string of the molecule is Nc1cnc(NC(=O)Cc2ccccc2F)c(Br)c1. The minimum atomic E-state index is -0.401. The molecule has 0 aliphatic heterocycles. The maximum Gasteiger partial charge on any atom is 0.230 e. The van der Waals surface area contributed by atoms with Crippen LogP contribution >= 0.6 is 15.9 Å². The van der Waals surface area contributed by atoms with Crippen molar-refractivity contribution in [2.24, 2.45) is 0 Å².